The van der Waals surface area contributed by atoms with Crippen LogP contribution in [0.2, 0.25) is 5.02 Å². The fraction of sp³-hybridized carbons (Fsp3) is 0.318. The third-order valence-electron chi connectivity index (χ3n) is 5.29. The van der Waals surface area contributed by atoms with Crippen molar-refractivity contribution in [1.82, 2.24) is 14.1 Å². The predicted molar refractivity (Wildman–Crippen MR) is 124 cm³/mol. The standard InChI is InChI=1S/C22H21ClF3N5O5/c1-29-18-17(19(33)30(21(29)34)8-3-9-32)31(12-14-10-13(23)6-7-27-14)20(28-18)35-15-4-2-5-16(11-15)36-22(24,25)26/h2,4-7,10-11,20,28,32H,3,8-9,12H2,1H3. The Labute approximate surface area is 207 Å². The van der Waals surface area contributed by atoms with Gasteiger partial charge in [0.05, 0.1) is 12.2 Å². The van der Waals surface area contributed by atoms with Crippen LogP contribution >= 0.6 is 11.6 Å². The average Bonchev–Trinajstić information content (AvgIpc) is 3.15. The first kappa shape index (κ1) is 25.4. The van der Waals surface area contributed by atoms with Gasteiger partial charge in [0.15, 0.2) is 0 Å². The lowest BCUT2D eigenvalue weighted by Crippen LogP contribution is -2.43. The maximum absolute atomic E-state index is 13.4. The van der Waals surface area contributed by atoms with Gasteiger partial charge >= 0.3 is 12.1 Å². The number of halogens is 4. The van der Waals surface area contributed by atoms with Crippen LogP contribution in [0, 0.1) is 0 Å². The van der Waals surface area contributed by atoms with E-state index in [1.165, 1.54) is 34.8 Å². The molecule has 0 amide bonds. The van der Waals surface area contributed by atoms with Crippen LogP contribution in [0.25, 0.3) is 0 Å². The molecule has 14 heteroatoms. The van der Waals surface area contributed by atoms with Crippen molar-refractivity contribution in [1.29, 1.82) is 0 Å². The SMILES string of the molecule is Cn1c2c(c(=O)n(CCCO)c1=O)N(Cc1cc(Cl)ccn1)C(Oc1cccc(OC(F)(F)F)c1)N2. The van der Waals surface area contributed by atoms with E-state index in [0.29, 0.717) is 10.7 Å². The second-order valence-corrected chi connectivity index (χ2v) is 8.24. The largest absolute Gasteiger partial charge is 0.573 e. The van der Waals surface area contributed by atoms with E-state index in [-0.39, 0.29) is 43.4 Å². The molecule has 1 unspecified atom stereocenters. The molecule has 0 fully saturated rings. The highest BCUT2D eigenvalue weighted by atomic mass is 35.5. The molecule has 10 nitrogen and oxygen atoms in total. The van der Waals surface area contributed by atoms with Gasteiger partial charge in [-0.25, -0.2) is 4.79 Å². The van der Waals surface area contributed by atoms with Gasteiger partial charge in [-0.05, 0) is 30.7 Å². The van der Waals surface area contributed by atoms with Crippen LogP contribution in [0.1, 0.15) is 12.1 Å². The number of aliphatic hydroxyl groups excluding tert-OH is 1. The lowest BCUT2D eigenvalue weighted by Gasteiger charge is -2.26. The number of nitrogens with zero attached hydrogens (tertiary/aromatic N) is 4. The molecule has 2 N–H and O–H groups in total. The molecule has 3 heterocycles. The van der Waals surface area contributed by atoms with E-state index in [0.717, 1.165) is 16.7 Å². The third-order valence-corrected chi connectivity index (χ3v) is 5.53. The van der Waals surface area contributed by atoms with E-state index in [2.05, 4.69) is 15.0 Å². The topological polar surface area (TPSA) is 111 Å². The summed E-state index contributed by atoms with van der Waals surface area (Å²) < 4.78 is 50.1. The number of ether oxygens (including phenoxy) is 2. The third kappa shape index (κ3) is 5.41. The van der Waals surface area contributed by atoms with Crippen molar-refractivity contribution in [3.63, 3.8) is 0 Å². The van der Waals surface area contributed by atoms with Gasteiger partial charge in [0.1, 0.15) is 23.0 Å². The second kappa shape index (κ2) is 10.1. The second-order valence-electron chi connectivity index (χ2n) is 7.80. The zero-order valence-corrected chi connectivity index (χ0v) is 19.6. The van der Waals surface area contributed by atoms with Crippen molar-refractivity contribution >= 4 is 23.1 Å². The smallest absolute Gasteiger partial charge is 0.452 e. The van der Waals surface area contributed by atoms with Gasteiger partial charge in [-0.2, -0.15) is 0 Å². The molecule has 4 rings (SSSR count). The van der Waals surface area contributed by atoms with Crippen LogP contribution in [-0.2, 0) is 20.1 Å². The fourth-order valence-corrected chi connectivity index (χ4v) is 3.93. The summed E-state index contributed by atoms with van der Waals surface area (Å²) in [6, 6.07) is 8.07. The molecule has 0 spiro atoms. The summed E-state index contributed by atoms with van der Waals surface area (Å²) in [5.74, 6) is -0.325. The Bertz CT molecular complexity index is 1380. The van der Waals surface area contributed by atoms with Crippen molar-refractivity contribution in [3.8, 4) is 11.5 Å². The summed E-state index contributed by atoms with van der Waals surface area (Å²) in [7, 11) is 1.46. The molecule has 1 aliphatic rings. The molecule has 0 bridgehead atoms. The number of hydrogen-bond donors (Lipinski definition) is 2. The predicted octanol–water partition coefficient (Wildman–Crippen LogP) is 2.67. The van der Waals surface area contributed by atoms with Crippen LogP contribution in [0.5, 0.6) is 11.5 Å². The number of nitrogens with one attached hydrogen (secondary N) is 1. The molecule has 0 radical (unpaired) electrons. The minimum atomic E-state index is -4.89. The van der Waals surface area contributed by atoms with Crippen LogP contribution in [0.4, 0.5) is 24.7 Å². The Morgan fingerprint density at radius 1 is 1.19 bits per heavy atom. The van der Waals surface area contributed by atoms with Crippen molar-refractivity contribution < 1.29 is 27.8 Å². The number of fused-ring (bicyclic) bond motifs is 1. The summed E-state index contributed by atoms with van der Waals surface area (Å²) in [5, 5.41) is 12.5. The summed E-state index contributed by atoms with van der Waals surface area (Å²) in [6.45, 7) is -0.221. The van der Waals surface area contributed by atoms with E-state index in [1.54, 1.807) is 12.1 Å². The monoisotopic (exact) mass is 527 g/mol. The molecule has 1 aromatic carbocycles. The Kier molecular flexibility index (Phi) is 7.13. The summed E-state index contributed by atoms with van der Waals surface area (Å²) >= 11 is 6.08. The minimum absolute atomic E-state index is 0.0108. The number of hydrogen-bond acceptors (Lipinski definition) is 8. The van der Waals surface area contributed by atoms with E-state index in [9.17, 15) is 27.9 Å². The van der Waals surface area contributed by atoms with Crippen LogP contribution in [0.15, 0.2) is 52.2 Å². The molecule has 0 saturated carbocycles. The zero-order valence-electron chi connectivity index (χ0n) is 18.8. The lowest BCUT2D eigenvalue weighted by atomic mass is 10.3. The van der Waals surface area contributed by atoms with E-state index in [4.69, 9.17) is 16.3 Å². The first-order chi connectivity index (χ1) is 17.1. The number of aromatic nitrogens is 3. The zero-order chi connectivity index (χ0) is 26.0. The maximum Gasteiger partial charge on any atom is 0.573 e. The van der Waals surface area contributed by atoms with Crippen molar-refractivity contribution in [2.45, 2.75) is 32.2 Å². The number of alkyl halides is 3. The summed E-state index contributed by atoms with van der Waals surface area (Å²) in [4.78, 5) is 31.9. The number of pyridine rings is 1. The maximum atomic E-state index is 13.4. The van der Waals surface area contributed by atoms with Gasteiger partial charge in [0.25, 0.3) is 11.9 Å². The molecule has 2 aromatic heterocycles. The molecule has 36 heavy (non-hydrogen) atoms. The van der Waals surface area contributed by atoms with Crippen LogP contribution < -0.4 is 30.9 Å². The van der Waals surface area contributed by atoms with Crippen molar-refractivity contribution in [2.75, 3.05) is 16.8 Å². The van der Waals surface area contributed by atoms with Gasteiger partial charge in [-0.1, -0.05) is 17.7 Å². The normalized spacial score (nSPS) is 14.9. The molecule has 1 atom stereocenters. The molecular formula is C22H21ClF3N5O5. The highest BCUT2D eigenvalue weighted by Gasteiger charge is 2.37. The van der Waals surface area contributed by atoms with Gasteiger partial charge in [-0.15, -0.1) is 13.2 Å². The van der Waals surface area contributed by atoms with Gasteiger partial charge in [-0.3, -0.25) is 18.9 Å². The quantitative estimate of drug-likeness (QED) is 0.460. The van der Waals surface area contributed by atoms with Crippen molar-refractivity contribution in [2.24, 2.45) is 7.05 Å². The first-order valence-electron chi connectivity index (χ1n) is 10.7. The molecule has 1 aliphatic heterocycles. The van der Waals surface area contributed by atoms with Crippen LogP contribution in [0.3, 0.4) is 0 Å². The highest BCUT2D eigenvalue weighted by molar-refractivity contribution is 6.30. The Morgan fingerprint density at radius 3 is 2.64 bits per heavy atom. The minimum Gasteiger partial charge on any atom is -0.452 e. The highest BCUT2D eigenvalue weighted by Crippen LogP contribution is 2.34. The fourth-order valence-electron chi connectivity index (χ4n) is 3.75. The Hall–Kier alpha value is -3.71. The van der Waals surface area contributed by atoms with Gasteiger partial charge in [0, 0.05) is 37.5 Å². The molecule has 3 aromatic rings. The number of aliphatic hydroxyl groups is 1. The summed E-state index contributed by atoms with van der Waals surface area (Å²) in [6.07, 6.45) is -4.32. The lowest BCUT2D eigenvalue weighted by molar-refractivity contribution is -0.274. The van der Waals surface area contributed by atoms with Gasteiger partial charge < -0.3 is 24.8 Å². The molecular weight excluding hydrogens is 507 g/mol. The van der Waals surface area contributed by atoms with E-state index >= 15 is 0 Å². The number of anilines is 2. The Morgan fingerprint density at radius 2 is 1.94 bits per heavy atom. The van der Waals surface area contributed by atoms with Gasteiger partial charge in [0.2, 0.25) is 0 Å². The summed E-state index contributed by atoms with van der Waals surface area (Å²) in [5.41, 5.74) is -0.683. The number of rotatable bonds is 8. The Balaban J connectivity index is 1.75. The molecule has 192 valence electrons. The molecule has 0 saturated heterocycles. The molecule has 0 aliphatic carbocycles. The van der Waals surface area contributed by atoms with Crippen molar-refractivity contribution in [3.05, 3.63) is 74.1 Å². The number of benzene rings is 1. The van der Waals surface area contributed by atoms with E-state index in [1.807, 2.05) is 0 Å². The first-order valence-corrected chi connectivity index (χ1v) is 11.1. The average molecular weight is 528 g/mol. The van der Waals surface area contributed by atoms with E-state index < -0.39 is 29.7 Å². The van der Waals surface area contributed by atoms with Crippen LogP contribution in [-0.4, -0.2) is 38.5 Å².